The molecule has 0 saturated heterocycles. The van der Waals surface area contributed by atoms with E-state index in [9.17, 15) is 39.4 Å². The Labute approximate surface area is 704 Å². The molecule has 13 aromatic rings. The number of aliphatic hydroxyl groups excluding tert-OH is 3. The molecule has 0 saturated carbocycles. The van der Waals surface area contributed by atoms with Crippen LogP contribution in [0.5, 0.6) is 17.2 Å². The maximum atomic E-state index is 14.8. The van der Waals surface area contributed by atoms with Gasteiger partial charge >= 0.3 is 0 Å². The summed E-state index contributed by atoms with van der Waals surface area (Å²) in [6.07, 6.45) is 4.52. The molecule has 11 N–H and O–H groups in total. The molecule has 0 bridgehead atoms. The molecule has 5 aromatic heterocycles. The van der Waals surface area contributed by atoms with E-state index in [1.807, 2.05) is 112 Å². The molecule has 32 heteroatoms. The first-order valence-electron chi connectivity index (χ1n) is 39.1. The summed E-state index contributed by atoms with van der Waals surface area (Å²) in [5.41, 5.74) is 14.7. The van der Waals surface area contributed by atoms with Crippen LogP contribution in [0.25, 0.3) is 55.4 Å². The summed E-state index contributed by atoms with van der Waals surface area (Å²) in [6, 6.07) is 59.2. The third kappa shape index (κ3) is 21.5. The lowest BCUT2D eigenvalue weighted by Crippen LogP contribution is -2.20. The zero-order chi connectivity index (χ0) is 86.8. The highest BCUT2D eigenvalue weighted by Gasteiger charge is 2.25. The second-order valence-corrected chi connectivity index (χ2v) is 27.8. The number of nitrogens with zero attached hydrogens (tertiary/aromatic N) is 13. The number of hydrogen-bond donors (Lipinski definition) is 11. The molecule has 1 aliphatic heterocycles. The summed E-state index contributed by atoms with van der Waals surface area (Å²) in [4.78, 5) is 55.5. The van der Waals surface area contributed by atoms with Gasteiger partial charge in [0, 0.05) is 114 Å². The van der Waals surface area contributed by atoms with E-state index in [1.165, 1.54) is 13.2 Å². The van der Waals surface area contributed by atoms with Crippen LogP contribution in [0, 0.1) is 46.7 Å². The van der Waals surface area contributed by atoms with Crippen molar-refractivity contribution in [1.82, 2.24) is 69.9 Å². The van der Waals surface area contributed by atoms with Gasteiger partial charge in [-0.2, -0.15) is 36.2 Å². The smallest absolute Gasteiger partial charge is 0.291 e. The SMILES string of the molecule is CCCNCc1cnc(C(=O)Nc2cccc(-c3cccc4c3cnn4C)c2C#N)n1C.COc1cccc(-c2cccc(NC(=O)c3cc(CNCCO)n(C)n3)c2C#N)c1F.Cc1c(NC(=O)c2cc(CNCCO)n(C)n2)cccc1-c1ccccc1.Cn1nc(C(=O)Nc2cccc(-c3ccc4c(c3)OCCO4)c2C#N)cc1CNCCO. The summed E-state index contributed by atoms with van der Waals surface area (Å²) in [7, 11) is 10.3. The number of amides is 4. The monoisotopic (exact) mass is 1650 g/mol. The van der Waals surface area contributed by atoms with Crippen LogP contribution >= 0.6 is 0 Å². The summed E-state index contributed by atoms with van der Waals surface area (Å²) in [5, 5.41) is 98.0. The van der Waals surface area contributed by atoms with E-state index in [0.29, 0.717) is 116 Å². The van der Waals surface area contributed by atoms with E-state index in [1.54, 1.807) is 124 Å². The quantitative estimate of drug-likeness (QED) is 0.0194. The average Bonchev–Trinajstić information content (AvgIpc) is 1.42. The summed E-state index contributed by atoms with van der Waals surface area (Å²) in [6.45, 7) is 9.54. The number of methoxy groups -OCH3 is 1. The molecule has 626 valence electrons. The van der Waals surface area contributed by atoms with Crippen LogP contribution in [-0.2, 0) is 61.4 Å². The molecule has 31 nitrogen and oxygen atoms in total. The average molecular weight is 1650 g/mol. The number of ether oxygens (including phenoxy) is 3. The zero-order valence-corrected chi connectivity index (χ0v) is 68.7. The van der Waals surface area contributed by atoms with E-state index in [-0.39, 0.29) is 65.6 Å². The highest BCUT2D eigenvalue weighted by Crippen LogP contribution is 2.39. The minimum absolute atomic E-state index is 0.00630. The van der Waals surface area contributed by atoms with Crippen LogP contribution in [0.2, 0.25) is 0 Å². The van der Waals surface area contributed by atoms with Crippen LogP contribution in [0.3, 0.4) is 0 Å². The molecule has 0 unspecified atom stereocenters. The van der Waals surface area contributed by atoms with E-state index in [0.717, 1.165) is 85.7 Å². The fraction of sp³-hybridized carbons (Fsp3) is 0.244. The first kappa shape index (κ1) is 88.3. The van der Waals surface area contributed by atoms with Gasteiger partial charge in [0.15, 0.2) is 46.0 Å². The molecule has 6 heterocycles. The van der Waals surface area contributed by atoms with Crippen molar-refractivity contribution in [3.63, 3.8) is 0 Å². The van der Waals surface area contributed by atoms with Gasteiger partial charge in [0.05, 0.1) is 101 Å². The molecular formula is C90H94FN21O10. The van der Waals surface area contributed by atoms with Crippen molar-refractivity contribution in [2.75, 3.05) is 87.6 Å². The number of fused-ring (bicyclic) bond motifs is 2. The minimum Gasteiger partial charge on any atom is -0.494 e. The lowest BCUT2D eigenvalue weighted by molar-refractivity contribution is 0.100. The van der Waals surface area contributed by atoms with Gasteiger partial charge in [-0.25, -0.2) is 9.37 Å². The number of imidazole rings is 1. The highest BCUT2D eigenvalue weighted by atomic mass is 19.1. The van der Waals surface area contributed by atoms with Gasteiger partial charge in [-0.15, -0.1) is 0 Å². The molecule has 4 amide bonds. The molecule has 0 radical (unpaired) electrons. The first-order valence-corrected chi connectivity index (χ1v) is 39.1. The van der Waals surface area contributed by atoms with Crippen LogP contribution in [-0.4, -0.2) is 154 Å². The minimum atomic E-state index is -0.588. The Morgan fingerprint density at radius 2 is 0.910 bits per heavy atom. The van der Waals surface area contributed by atoms with Crippen molar-refractivity contribution < 1.29 is 53.1 Å². The lowest BCUT2D eigenvalue weighted by Gasteiger charge is -2.19. The van der Waals surface area contributed by atoms with Gasteiger partial charge in [0.25, 0.3) is 23.6 Å². The van der Waals surface area contributed by atoms with Crippen LogP contribution < -0.4 is 56.7 Å². The van der Waals surface area contributed by atoms with Gasteiger partial charge in [-0.05, 0) is 114 Å². The molecule has 14 rings (SSSR count). The third-order valence-electron chi connectivity index (χ3n) is 19.8. The van der Waals surface area contributed by atoms with Crippen LogP contribution in [0.4, 0.5) is 27.1 Å². The first-order chi connectivity index (χ1) is 59.2. The fourth-order valence-corrected chi connectivity index (χ4v) is 13.4. The number of nitrogens with one attached hydrogen (secondary N) is 8. The van der Waals surface area contributed by atoms with Crippen molar-refractivity contribution in [3.05, 3.63) is 262 Å². The highest BCUT2D eigenvalue weighted by molar-refractivity contribution is 6.07. The third-order valence-corrected chi connectivity index (χ3v) is 19.8. The van der Waals surface area contributed by atoms with Crippen molar-refractivity contribution >= 4 is 57.3 Å². The Balaban J connectivity index is 0.000000159. The number of aryl methyl sites for hydroxylation is 4. The second-order valence-electron chi connectivity index (χ2n) is 27.8. The molecule has 0 atom stereocenters. The van der Waals surface area contributed by atoms with E-state index < -0.39 is 17.6 Å². The predicted octanol–water partition coefficient (Wildman–Crippen LogP) is 10.8. The molecule has 8 aromatic carbocycles. The Kier molecular flexibility index (Phi) is 30.9. The number of benzene rings is 8. The van der Waals surface area contributed by atoms with Crippen LogP contribution in [0.15, 0.2) is 188 Å². The Bertz CT molecular complexity index is 6010. The Morgan fingerprint density at radius 3 is 1.43 bits per heavy atom. The van der Waals surface area contributed by atoms with E-state index in [2.05, 4.69) is 105 Å². The number of nitriles is 3. The van der Waals surface area contributed by atoms with Gasteiger partial charge < -0.3 is 76.6 Å². The second kappa shape index (κ2) is 42.7. The molecule has 0 aliphatic carbocycles. The largest absolute Gasteiger partial charge is 0.494 e. The normalized spacial score (nSPS) is 11.2. The predicted molar refractivity (Wildman–Crippen MR) is 461 cm³/mol. The molecule has 1 aliphatic rings. The summed E-state index contributed by atoms with van der Waals surface area (Å²) >= 11 is 0. The molecule has 0 spiro atoms. The number of aromatic nitrogens is 10. The maximum Gasteiger partial charge on any atom is 0.291 e. The van der Waals surface area contributed by atoms with Gasteiger partial charge in [0.2, 0.25) is 0 Å². The number of aliphatic hydroxyl groups is 3. The van der Waals surface area contributed by atoms with Crippen molar-refractivity contribution in [2.45, 2.75) is 46.4 Å². The number of anilines is 4. The summed E-state index contributed by atoms with van der Waals surface area (Å²) in [5.74, 6) is -0.447. The van der Waals surface area contributed by atoms with Gasteiger partial charge in [-0.1, -0.05) is 116 Å². The van der Waals surface area contributed by atoms with Gasteiger partial charge in [0.1, 0.15) is 31.4 Å². The number of carbonyl (C=O) groups is 4. The topological polar surface area (TPSA) is 413 Å². The maximum absolute atomic E-state index is 14.8. The van der Waals surface area contributed by atoms with E-state index >= 15 is 0 Å². The van der Waals surface area contributed by atoms with Crippen molar-refractivity contribution in [3.8, 4) is 80.0 Å². The number of carbonyl (C=O) groups excluding carboxylic acids is 4. The lowest BCUT2D eigenvalue weighted by atomic mass is 9.96. The van der Waals surface area contributed by atoms with Crippen LogP contribution in [0.1, 0.15) is 100 Å². The summed E-state index contributed by atoms with van der Waals surface area (Å²) < 4.78 is 39.4. The Morgan fingerprint density at radius 1 is 0.467 bits per heavy atom. The van der Waals surface area contributed by atoms with Crippen molar-refractivity contribution in [1.29, 1.82) is 15.8 Å². The fourth-order valence-electron chi connectivity index (χ4n) is 13.4. The molecular weight excluding hydrogens is 1550 g/mol. The number of rotatable bonds is 29. The number of halogens is 1. The molecule has 122 heavy (non-hydrogen) atoms. The standard InChI is InChI=1S/C24H25N7O.C23H23N5O4.C22H22FN5O3.C21H24N4O2/c1-4-11-26-13-16-14-27-23(30(16)2)24(32)29-21-9-5-7-17(19(21)12-25)18-8-6-10-22-20(18)15-28-31(22)3;1-28-16(14-25-7-8-29)12-20(27-28)23(30)26-19-4-2-3-17(18(19)13-24)15-5-6-21-22(11-15)32-10-9-31-21;1-28-14(13-25-9-10-29)11-19(27-28)22(30)26-18-7-3-5-15(17(18)12-24)16-6-4-8-20(31-2)21(16)23;1-15-18(16-7-4-3-5-8-16)9-6-10-19(15)23-21(27)20-13-17(25(2)24-20)14-22-11-12-26/h5-10,14-15,26H,4,11,13H2,1-3H3,(H,29,32);2-6,11-12,25,29H,7-10,14H2,1H3,(H,26,30);3-8,11,25,29H,9-10,13H2,1-2H3,(H,26,30);3-10,13,22,26H,11-12,14H2,1-2H3,(H,23,27). The van der Waals surface area contributed by atoms with Crippen molar-refractivity contribution in [2.24, 2.45) is 35.2 Å². The molecule has 0 fully saturated rings. The number of hydrogen-bond acceptors (Lipinski definition) is 22. The Hall–Kier alpha value is -14.5. The van der Waals surface area contributed by atoms with Gasteiger partial charge in [-0.3, -0.25) is 37.9 Å². The van der Waals surface area contributed by atoms with E-state index in [4.69, 9.17) is 29.5 Å². The zero-order valence-electron chi connectivity index (χ0n) is 68.7.